The molecule has 0 aliphatic heterocycles. The summed E-state index contributed by atoms with van der Waals surface area (Å²) in [6.45, 7) is 9.08. The van der Waals surface area contributed by atoms with Gasteiger partial charge in [0.2, 0.25) is 29.5 Å². The van der Waals surface area contributed by atoms with Gasteiger partial charge >= 0.3 is 0 Å². The van der Waals surface area contributed by atoms with Crippen molar-refractivity contribution in [3.63, 3.8) is 0 Å². The zero-order chi connectivity index (χ0) is 35.0. The minimum Gasteiger partial charge on any atom is -0.391 e. The molecule has 0 aliphatic carbocycles. The topological polar surface area (TPSA) is 270 Å². The molecular weight excluding hydrogens is 594 g/mol. The second kappa shape index (κ2) is 20.0. The summed E-state index contributed by atoms with van der Waals surface area (Å²) >= 11 is 0. The van der Waals surface area contributed by atoms with E-state index in [1.165, 1.54) is 6.92 Å². The van der Waals surface area contributed by atoms with Crippen LogP contribution in [0.15, 0.2) is 35.3 Å². The highest BCUT2D eigenvalue weighted by molar-refractivity contribution is 5.96. The molecule has 15 nitrogen and oxygen atoms in total. The molecule has 15 heteroatoms. The fraction of sp³-hybridized carbons (Fsp3) is 0.613. The maximum absolute atomic E-state index is 13.6. The standard InChI is InChI=1S/C31H53N9O6/c1-17(2)14-22(27(43)37-21(26(33)42)12-9-13-36-31(34)35)38-28(44)23(15-18(3)4)39-29(45)24(16-20-10-7-6-8-11-20)40-30(46)25(32)19(5)41/h6-8,10-11,17-19,21-25,41H,9,12-16,32H2,1-5H3,(H2,33,42)(H,37,43)(H,38,44)(H,39,45)(H,40,46)(H4,34,35,36)/t19-,21-,22-,23-,24-,25+/m0/s1. The maximum Gasteiger partial charge on any atom is 0.243 e. The van der Waals surface area contributed by atoms with Crippen molar-refractivity contribution in [1.82, 2.24) is 21.3 Å². The van der Waals surface area contributed by atoms with Crippen LogP contribution in [0.25, 0.3) is 0 Å². The number of hydrogen-bond acceptors (Lipinski definition) is 8. The fourth-order valence-electron chi connectivity index (χ4n) is 4.56. The maximum atomic E-state index is 13.6. The number of aliphatic imine (C=N–C) groups is 1. The lowest BCUT2D eigenvalue weighted by atomic mass is 9.98. The first kappa shape index (κ1) is 39.8. The smallest absolute Gasteiger partial charge is 0.243 e. The quantitative estimate of drug-likeness (QED) is 0.0452. The predicted octanol–water partition coefficient (Wildman–Crippen LogP) is -1.49. The Morgan fingerprint density at radius 3 is 1.61 bits per heavy atom. The molecule has 0 unspecified atom stereocenters. The first-order valence-electron chi connectivity index (χ1n) is 15.5. The van der Waals surface area contributed by atoms with Crippen LogP contribution in [0.5, 0.6) is 0 Å². The zero-order valence-corrected chi connectivity index (χ0v) is 27.5. The van der Waals surface area contributed by atoms with Gasteiger partial charge in [-0.05, 0) is 50.0 Å². The van der Waals surface area contributed by atoms with E-state index in [9.17, 15) is 29.1 Å². The number of hydrogen-bond donors (Lipinski definition) is 9. The van der Waals surface area contributed by atoms with E-state index < -0.39 is 65.8 Å². The second-order valence-electron chi connectivity index (χ2n) is 12.3. The summed E-state index contributed by atoms with van der Waals surface area (Å²) in [7, 11) is 0. The first-order chi connectivity index (χ1) is 21.5. The molecule has 0 bridgehead atoms. The molecule has 258 valence electrons. The van der Waals surface area contributed by atoms with Gasteiger partial charge < -0.3 is 49.3 Å². The summed E-state index contributed by atoms with van der Waals surface area (Å²) in [5, 5.41) is 20.5. The van der Waals surface area contributed by atoms with Gasteiger partial charge in [-0.15, -0.1) is 0 Å². The summed E-state index contributed by atoms with van der Waals surface area (Å²) in [5.74, 6) is -3.50. The third kappa shape index (κ3) is 15.2. The van der Waals surface area contributed by atoms with Crippen LogP contribution in [0.2, 0.25) is 0 Å². The van der Waals surface area contributed by atoms with Crippen LogP contribution in [-0.2, 0) is 30.4 Å². The fourth-order valence-corrected chi connectivity index (χ4v) is 4.56. The molecule has 46 heavy (non-hydrogen) atoms. The van der Waals surface area contributed by atoms with E-state index in [0.717, 1.165) is 5.56 Å². The lowest BCUT2D eigenvalue weighted by Crippen LogP contribution is -2.60. The van der Waals surface area contributed by atoms with E-state index in [4.69, 9.17) is 22.9 Å². The molecule has 0 heterocycles. The third-order valence-corrected chi connectivity index (χ3v) is 7.02. The van der Waals surface area contributed by atoms with E-state index in [-0.39, 0.29) is 50.0 Å². The van der Waals surface area contributed by atoms with E-state index in [1.807, 2.05) is 33.8 Å². The molecule has 1 rings (SSSR count). The van der Waals surface area contributed by atoms with Crippen molar-refractivity contribution in [3.8, 4) is 0 Å². The molecule has 1 aromatic carbocycles. The molecule has 0 saturated carbocycles. The molecule has 13 N–H and O–H groups in total. The van der Waals surface area contributed by atoms with Crippen LogP contribution in [0.3, 0.4) is 0 Å². The number of aliphatic hydroxyl groups is 1. The molecular formula is C31H53N9O6. The number of nitrogens with one attached hydrogen (secondary N) is 4. The van der Waals surface area contributed by atoms with Crippen LogP contribution in [0, 0.1) is 11.8 Å². The van der Waals surface area contributed by atoms with Crippen molar-refractivity contribution in [2.45, 2.75) is 103 Å². The Kier molecular flexibility index (Phi) is 17.3. The van der Waals surface area contributed by atoms with Crippen molar-refractivity contribution in [2.24, 2.45) is 39.8 Å². The van der Waals surface area contributed by atoms with Crippen molar-refractivity contribution >= 4 is 35.5 Å². The monoisotopic (exact) mass is 647 g/mol. The lowest BCUT2D eigenvalue weighted by molar-refractivity contribution is -0.135. The summed E-state index contributed by atoms with van der Waals surface area (Å²) < 4.78 is 0. The van der Waals surface area contributed by atoms with Crippen LogP contribution < -0.4 is 44.2 Å². The van der Waals surface area contributed by atoms with Crippen LogP contribution in [0.4, 0.5) is 0 Å². The van der Waals surface area contributed by atoms with Gasteiger partial charge in [0.05, 0.1) is 6.10 Å². The minimum absolute atomic E-state index is 0.0216. The number of amides is 5. The Morgan fingerprint density at radius 1 is 0.717 bits per heavy atom. The van der Waals surface area contributed by atoms with Gasteiger partial charge in [-0.3, -0.25) is 29.0 Å². The Balaban J connectivity index is 3.18. The average molecular weight is 648 g/mol. The first-order valence-corrected chi connectivity index (χ1v) is 15.5. The van der Waals surface area contributed by atoms with E-state index in [1.54, 1.807) is 24.3 Å². The Hall–Kier alpha value is -4.24. The van der Waals surface area contributed by atoms with Gasteiger partial charge in [0, 0.05) is 13.0 Å². The number of nitrogens with two attached hydrogens (primary N) is 4. The number of benzene rings is 1. The van der Waals surface area contributed by atoms with Gasteiger partial charge in [0.15, 0.2) is 5.96 Å². The van der Waals surface area contributed by atoms with Gasteiger partial charge in [-0.2, -0.15) is 0 Å². The highest BCUT2D eigenvalue weighted by atomic mass is 16.3. The van der Waals surface area contributed by atoms with Crippen LogP contribution in [-0.4, -0.2) is 83.5 Å². The third-order valence-electron chi connectivity index (χ3n) is 7.02. The lowest BCUT2D eigenvalue weighted by Gasteiger charge is -2.28. The van der Waals surface area contributed by atoms with Crippen molar-refractivity contribution < 1.29 is 29.1 Å². The number of carbonyl (C=O) groups excluding carboxylic acids is 5. The molecule has 0 aromatic heterocycles. The summed E-state index contributed by atoms with van der Waals surface area (Å²) in [6.07, 6.45) is -0.0454. The molecule has 0 radical (unpaired) electrons. The van der Waals surface area contributed by atoms with Gasteiger partial charge in [-0.25, -0.2) is 0 Å². The Labute approximate surface area is 271 Å². The number of carbonyl (C=O) groups is 5. The SMILES string of the molecule is CC(C)C[C@H](NC(=O)[C@H](CC(C)C)NC(=O)[C@H](Cc1ccccc1)NC(=O)[C@H](N)[C@H](C)O)C(=O)N[C@@H](CCCN=C(N)N)C(N)=O. The van der Waals surface area contributed by atoms with E-state index in [2.05, 4.69) is 26.3 Å². The van der Waals surface area contributed by atoms with Gasteiger partial charge in [0.1, 0.15) is 30.2 Å². The number of aliphatic hydroxyl groups excluding tert-OH is 1. The largest absolute Gasteiger partial charge is 0.391 e. The number of rotatable bonds is 20. The molecule has 1 aromatic rings. The predicted molar refractivity (Wildman–Crippen MR) is 176 cm³/mol. The zero-order valence-electron chi connectivity index (χ0n) is 27.5. The van der Waals surface area contributed by atoms with Crippen LogP contribution in [0.1, 0.15) is 65.9 Å². The Bertz CT molecular complexity index is 1170. The van der Waals surface area contributed by atoms with Crippen molar-refractivity contribution in [2.75, 3.05) is 6.54 Å². The highest BCUT2D eigenvalue weighted by Crippen LogP contribution is 2.11. The van der Waals surface area contributed by atoms with Crippen molar-refractivity contribution in [1.29, 1.82) is 0 Å². The summed E-state index contributed by atoms with van der Waals surface area (Å²) in [6, 6.07) is 3.44. The molecule has 5 amide bonds. The number of guanidine groups is 1. The normalized spacial score (nSPS) is 15.1. The molecule has 0 fully saturated rings. The van der Waals surface area contributed by atoms with Gasteiger partial charge in [-0.1, -0.05) is 58.0 Å². The summed E-state index contributed by atoms with van der Waals surface area (Å²) in [4.78, 5) is 69.2. The molecule has 6 atom stereocenters. The van der Waals surface area contributed by atoms with Crippen LogP contribution >= 0.6 is 0 Å². The summed E-state index contributed by atoms with van der Waals surface area (Å²) in [5.41, 5.74) is 22.7. The minimum atomic E-state index is -1.27. The molecule has 0 spiro atoms. The molecule has 0 saturated heterocycles. The second-order valence-corrected chi connectivity index (χ2v) is 12.3. The van der Waals surface area contributed by atoms with E-state index in [0.29, 0.717) is 6.42 Å². The average Bonchev–Trinajstić information content (AvgIpc) is 2.96. The Morgan fingerprint density at radius 2 is 1.17 bits per heavy atom. The van der Waals surface area contributed by atoms with Crippen molar-refractivity contribution in [3.05, 3.63) is 35.9 Å². The highest BCUT2D eigenvalue weighted by Gasteiger charge is 2.32. The van der Waals surface area contributed by atoms with E-state index >= 15 is 0 Å². The number of nitrogens with zero attached hydrogens (tertiary/aromatic N) is 1. The van der Waals surface area contributed by atoms with Gasteiger partial charge in [0.25, 0.3) is 0 Å². The number of primary amides is 1. The molecule has 0 aliphatic rings.